The van der Waals surface area contributed by atoms with Crippen molar-refractivity contribution >= 4 is 17.7 Å². The zero-order chi connectivity index (χ0) is 42.1. The smallest absolute Gasteiger partial charge is 0.358 e. The third-order valence-corrected chi connectivity index (χ3v) is 10.7. The van der Waals surface area contributed by atoms with Gasteiger partial charge in [-0.2, -0.15) is 0 Å². The molecule has 7 rings (SSSR count). The van der Waals surface area contributed by atoms with Gasteiger partial charge in [0.25, 0.3) is 5.91 Å². The quantitative estimate of drug-likeness (QED) is 0.0415. The maximum absolute atomic E-state index is 13.7. The number of tetrazole rings is 1. The van der Waals surface area contributed by atoms with Crippen molar-refractivity contribution in [2.24, 2.45) is 0 Å². The molecule has 0 unspecified atom stereocenters. The number of aryl methyl sites for hydroxylation is 1. The molecule has 0 spiro atoms. The summed E-state index contributed by atoms with van der Waals surface area (Å²) in [6, 6.07) is 47.6. The highest BCUT2D eigenvalue weighted by Crippen LogP contribution is 2.43. The molecule has 0 aliphatic carbocycles. The number of carbonyl (C=O) groups excluding carboxylic acids is 2. The van der Waals surface area contributed by atoms with Gasteiger partial charge in [-0.3, -0.25) is 9.69 Å². The summed E-state index contributed by atoms with van der Waals surface area (Å²) in [7, 11) is 1.65. The Labute approximate surface area is 352 Å². The summed E-state index contributed by atoms with van der Waals surface area (Å²) < 4.78 is 9.44. The number of hydrogen-bond donors (Lipinski definition) is 0. The maximum Gasteiger partial charge on any atom is 0.358 e. The molecule has 7 aromatic rings. The number of imidazole rings is 1. The van der Waals surface area contributed by atoms with Gasteiger partial charge in [0.15, 0.2) is 17.3 Å². The number of carbonyl (C=O) groups is 2. The van der Waals surface area contributed by atoms with Crippen LogP contribution in [-0.2, 0) is 28.0 Å². The zero-order valence-electron chi connectivity index (χ0n) is 35.0. The molecule has 0 radical (unpaired) electrons. The lowest BCUT2D eigenvalue weighted by Crippen LogP contribution is -2.39. The van der Waals surface area contributed by atoms with E-state index < -0.39 is 11.5 Å². The highest BCUT2D eigenvalue weighted by atomic mass is 16.5. The van der Waals surface area contributed by atoms with E-state index in [1.54, 1.807) is 20.0 Å². The Morgan fingerprint density at radius 3 is 1.85 bits per heavy atom. The van der Waals surface area contributed by atoms with Crippen LogP contribution in [0.2, 0.25) is 0 Å². The minimum absolute atomic E-state index is 0.195. The molecule has 1 amide bonds. The van der Waals surface area contributed by atoms with E-state index in [0.29, 0.717) is 24.6 Å². The summed E-state index contributed by atoms with van der Waals surface area (Å²) in [5.41, 5.74) is 7.03. The summed E-state index contributed by atoms with van der Waals surface area (Å²) in [6.07, 6.45) is 5.16. The number of aromatic nitrogens is 6. The maximum atomic E-state index is 13.7. The van der Waals surface area contributed by atoms with Crippen LogP contribution >= 0.6 is 0 Å². The molecule has 0 N–H and O–H groups in total. The van der Waals surface area contributed by atoms with E-state index in [2.05, 4.69) is 84.9 Å². The number of benzene rings is 5. The molecule has 0 aliphatic rings. The minimum atomic E-state index is -0.904. The number of ether oxygens (including phenoxy) is 1. The van der Waals surface area contributed by atoms with Crippen molar-refractivity contribution in [3.63, 3.8) is 0 Å². The van der Waals surface area contributed by atoms with Gasteiger partial charge in [-0.05, 0) is 71.0 Å². The van der Waals surface area contributed by atoms with Gasteiger partial charge in [-0.25, -0.2) is 14.5 Å². The number of likely N-dealkylation sites (N-methyl/N-ethyl adjacent to an activating group) is 1. The Morgan fingerprint density at radius 2 is 1.30 bits per heavy atom. The molecule has 304 valence electrons. The molecule has 0 saturated heterocycles. The Hall–Kier alpha value is -6.94. The van der Waals surface area contributed by atoms with Crippen LogP contribution in [0.15, 0.2) is 151 Å². The van der Waals surface area contributed by atoms with E-state index in [9.17, 15) is 9.59 Å². The van der Waals surface area contributed by atoms with E-state index in [1.807, 2.05) is 89.8 Å². The number of nitrogens with zero attached hydrogens (tertiary/aromatic N) is 7. The predicted octanol–water partition coefficient (Wildman–Crippen LogP) is 9.93. The number of unbranched alkanes of at least 4 members (excludes halogenated alkanes) is 2. The van der Waals surface area contributed by atoms with Gasteiger partial charge in [-0.1, -0.05) is 165 Å². The van der Waals surface area contributed by atoms with E-state index in [1.165, 1.54) is 4.90 Å². The lowest BCUT2D eigenvalue weighted by Gasteiger charge is -2.36. The third-order valence-electron chi connectivity index (χ3n) is 10.7. The predicted molar refractivity (Wildman–Crippen MR) is 237 cm³/mol. The first-order valence-corrected chi connectivity index (χ1v) is 20.6. The van der Waals surface area contributed by atoms with Crippen LogP contribution in [0.3, 0.4) is 0 Å². The molecule has 10 nitrogen and oxygen atoms in total. The average Bonchev–Trinajstić information content (AvgIpc) is 3.91. The topological polar surface area (TPSA) is 108 Å². The first-order chi connectivity index (χ1) is 29.3. The normalized spacial score (nSPS) is 11.3. The van der Waals surface area contributed by atoms with Crippen molar-refractivity contribution in [2.75, 3.05) is 18.6 Å². The van der Waals surface area contributed by atoms with E-state index >= 15 is 0 Å². The van der Waals surface area contributed by atoms with Crippen LogP contribution in [0.25, 0.3) is 22.5 Å². The highest BCUT2D eigenvalue weighted by molar-refractivity contribution is 6.05. The van der Waals surface area contributed by atoms with Gasteiger partial charge >= 0.3 is 5.97 Å². The fourth-order valence-corrected chi connectivity index (χ4v) is 7.85. The standard InChI is InChI=1S/C50H51N7O3/c1-6-8-12-29-44-51-48(55(5)45(58)34-36(3)4)46(49(59)60-7-2)56(44)35-37-30-32-38(33-31-37)42-27-19-20-28-43(42)47-52-53-54-57(47)50(39-21-13-9-14-22-39,40-23-15-10-16-24-40)41-25-17-11-18-26-41/h9-11,13-28,30-34H,6-8,12,29,35H2,1-5H3. The fraction of sp³-hybridized carbons (Fsp3) is 0.240. The average molecular weight is 798 g/mol. The van der Waals surface area contributed by atoms with Gasteiger partial charge in [0.05, 0.1) is 6.61 Å². The first kappa shape index (κ1) is 41.2. The molecule has 0 bridgehead atoms. The lowest BCUT2D eigenvalue weighted by atomic mass is 9.77. The van der Waals surface area contributed by atoms with E-state index in [-0.39, 0.29) is 18.2 Å². The molecule has 0 aliphatic heterocycles. The summed E-state index contributed by atoms with van der Waals surface area (Å²) in [5, 5.41) is 13.8. The van der Waals surface area contributed by atoms with E-state index in [4.69, 9.17) is 20.0 Å². The van der Waals surface area contributed by atoms with Gasteiger partial charge in [0.1, 0.15) is 11.4 Å². The highest BCUT2D eigenvalue weighted by Gasteiger charge is 2.42. The monoisotopic (exact) mass is 797 g/mol. The van der Waals surface area contributed by atoms with Crippen LogP contribution < -0.4 is 4.90 Å². The van der Waals surface area contributed by atoms with E-state index in [0.717, 1.165) is 69.6 Å². The Morgan fingerprint density at radius 1 is 0.733 bits per heavy atom. The molecular weight excluding hydrogens is 747 g/mol. The van der Waals surface area contributed by atoms with Crippen molar-refractivity contribution in [1.82, 2.24) is 29.8 Å². The molecule has 5 aromatic carbocycles. The third kappa shape index (κ3) is 8.31. The first-order valence-electron chi connectivity index (χ1n) is 20.6. The molecular formula is C50H51N7O3. The summed E-state index contributed by atoms with van der Waals surface area (Å²) in [6.45, 7) is 8.22. The Balaban J connectivity index is 1.31. The van der Waals surface area contributed by atoms with Crippen molar-refractivity contribution in [2.45, 2.75) is 65.5 Å². The number of hydrogen-bond acceptors (Lipinski definition) is 7. The van der Waals surface area contributed by atoms with Gasteiger partial charge in [-0.15, -0.1) is 5.10 Å². The molecule has 0 atom stereocenters. The van der Waals surface area contributed by atoms with Crippen LogP contribution in [0, 0.1) is 0 Å². The van der Waals surface area contributed by atoms with Crippen molar-refractivity contribution in [3.05, 3.63) is 185 Å². The number of anilines is 1. The molecule has 60 heavy (non-hydrogen) atoms. The Bertz CT molecular complexity index is 2460. The van der Waals surface area contributed by atoms with Crippen molar-refractivity contribution in [3.8, 4) is 22.5 Å². The largest absolute Gasteiger partial charge is 0.461 e. The summed E-state index contributed by atoms with van der Waals surface area (Å²) >= 11 is 0. The van der Waals surface area contributed by atoms with Crippen LogP contribution in [-0.4, -0.2) is 55.3 Å². The number of allylic oxidation sites excluding steroid dienone is 1. The number of rotatable bonds is 16. The van der Waals surface area contributed by atoms with Gasteiger partial charge in [0, 0.05) is 31.7 Å². The Kier molecular flexibility index (Phi) is 12.9. The number of amides is 1. The lowest BCUT2D eigenvalue weighted by molar-refractivity contribution is -0.114. The number of esters is 1. The second-order valence-electron chi connectivity index (χ2n) is 15.0. The van der Waals surface area contributed by atoms with Crippen LogP contribution in [0.5, 0.6) is 0 Å². The van der Waals surface area contributed by atoms with Gasteiger partial charge in [0.2, 0.25) is 0 Å². The zero-order valence-corrected chi connectivity index (χ0v) is 35.0. The molecule has 2 aromatic heterocycles. The molecule has 0 fully saturated rings. The summed E-state index contributed by atoms with van der Waals surface area (Å²) in [5.74, 6) is 0.869. The van der Waals surface area contributed by atoms with Crippen molar-refractivity contribution < 1.29 is 14.3 Å². The SMILES string of the molecule is CCCCCc1nc(N(C)C(=O)C=C(C)C)c(C(=O)OCC)n1Cc1ccc(-c2ccccc2-c2nnnn2C(c2ccccc2)(c2ccccc2)c2ccccc2)cc1. The van der Waals surface area contributed by atoms with Gasteiger partial charge < -0.3 is 9.30 Å². The molecule has 0 saturated carbocycles. The molecule has 10 heteroatoms. The minimum Gasteiger partial charge on any atom is -0.461 e. The second-order valence-corrected chi connectivity index (χ2v) is 15.0. The van der Waals surface area contributed by atoms with Crippen molar-refractivity contribution in [1.29, 1.82) is 0 Å². The summed E-state index contributed by atoms with van der Waals surface area (Å²) in [4.78, 5) is 33.3. The molecule has 2 heterocycles. The fourth-order valence-electron chi connectivity index (χ4n) is 7.85. The van der Waals surface area contributed by atoms with Crippen LogP contribution in [0.1, 0.15) is 85.5 Å². The second kappa shape index (κ2) is 18.8. The van der Waals surface area contributed by atoms with Crippen LogP contribution in [0.4, 0.5) is 5.82 Å².